The van der Waals surface area contributed by atoms with E-state index in [1.807, 2.05) is 6.92 Å². The molecule has 0 atom stereocenters. The first-order valence-corrected chi connectivity index (χ1v) is 6.19. The van der Waals surface area contributed by atoms with Gasteiger partial charge >= 0.3 is 0 Å². The lowest BCUT2D eigenvalue weighted by atomic mass is 10.3. The molecule has 104 valence electrons. The van der Waals surface area contributed by atoms with E-state index in [2.05, 4.69) is 20.6 Å². The summed E-state index contributed by atoms with van der Waals surface area (Å²) in [7, 11) is 0. The van der Waals surface area contributed by atoms with Gasteiger partial charge in [0.25, 0.3) is 0 Å². The van der Waals surface area contributed by atoms with Crippen LogP contribution in [0.25, 0.3) is 0 Å². The zero-order valence-corrected chi connectivity index (χ0v) is 10.8. The number of anilines is 3. The second-order valence-electron chi connectivity index (χ2n) is 4.11. The zero-order valence-electron chi connectivity index (χ0n) is 10.8. The minimum absolute atomic E-state index is 0.106. The molecule has 0 unspecified atom stereocenters. The summed E-state index contributed by atoms with van der Waals surface area (Å²) in [5.41, 5.74) is 0.661. The molecule has 0 saturated carbocycles. The highest BCUT2D eigenvalue weighted by atomic mass is 19.1. The Morgan fingerprint density at radius 3 is 3.00 bits per heavy atom. The summed E-state index contributed by atoms with van der Waals surface area (Å²) in [6, 6.07) is 5.26. The van der Waals surface area contributed by atoms with Crippen LogP contribution in [0.2, 0.25) is 0 Å². The quantitative estimate of drug-likeness (QED) is 0.894. The predicted octanol–water partition coefficient (Wildman–Crippen LogP) is 2.52. The van der Waals surface area contributed by atoms with E-state index in [4.69, 9.17) is 9.47 Å². The van der Waals surface area contributed by atoms with Crippen LogP contribution in [0.3, 0.4) is 0 Å². The Kier molecular flexibility index (Phi) is 3.24. The molecule has 2 aromatic rings. The van der Waals surface area contributed by atoms with Crippen LogP contribution in [0, 0.1) is 5.82 Å². The maximum atomic E-state index is 13.7. The first-order valence-electron chi connectivity index (χ1n) is 6.19. The van der Waals surface area contributed by atoms with E-state index in [1.165, 1.54) is 0 Å². The molecule has 0 saturated heterocycles. The molecule has 0 fully saturated rings. The maximum absolute atomic E-state index is 13.7. The van der Waals surface area contributed by atoms with Crippen LogP contribution in [0.15, 0.2) is 24.4 Å². The Morgan fingerprint density at radius 2 is 2.15 bits per heavy atom. The number of nitrogens with zero attached hydrogens (tertiary/aromatic N) is 2. The third-order valence-corrected chi connectivity index (χ3v) is 2.71. The summed E-state index contributed by atoms with van der Waals surface area (Å²) >= 11 is 0. The van der Waals surface area contributed by atoms with E-state index in [-0.39, 0.29) is 12.6 Å². The number of benzene rings is 1. The van der Waals surface area contributed by atoms with Crippen molar-refractivity contribution >= 4 is 17.5 Å². The Balaban J connectivity index is 1.85. The van der Waals surface area contributed by atoms with Gasteiger partial charge in [0, 0.05) is 18.3 Å². The molecule has 0 spiro atoms. The standard InChI is InChI=1S/C13H13FN4O2/c1-2-15-13-16-6-9(14)12(18-13)17-8-3-4-10-11(5-8)20-7-19-10/h3-6H,2,7H2,1H3,(H2,15,16,17,18). The van der Waals surface area contributed by atoms with Gasteiger partial charge in [-0.2, -0.15) is 4.98 Å². The minimum atomic E-state index is -0.524. The van der Waals surface area contributed by atoms with Gasteiger partial charge in [-0.3, -0.25) is 0 Å². The van der Waals surface area contributed by atoms with Crippen LogP contribution in [-0.2, 0) is 0 Å². The smallest absolute Gasteiger partial charge is 0.231 e. The molecule has 2 heterocycles. The van der Waals surface area contributed by atoms with Crippen molar-refractivity contribution in [2.75, 3.05) is 24.0 Å². The van der Waals surface area contributed by atoms with Gasteiger partial charge in [0.2, 0.25) is 12.7 Å². The van der Waals surface area contributed by atoms with Gasteiger partial charge in [-0.1, -0.05) is 0 Å². The number of hydrogen-bond acceptors (Lipinski definition) is 6. The van der Waals surface area contributed by atoms with Gasteiger partial charge in [0.1, 0.15) is 0 Å². The largest absolute Gasteiger partial charge is 0.454 e. The molecular formula is C13H13FN4O2. The van der Waals surface area contributed by atoms with E-state index in [1.54, 1.807) is 18.2 Å². The summed E-state index contributed by atoms with van der Waals surface area (Å²) in [6.07, 6.45) is 1.13. The molecular weight excluding hydrogens is 263 g/mol. The van der Waals surface area contributed by atoms with Crippen LogP contribution in [0.5, 0.6) is 11.5 Å². The number of aromatic nitrogens is 2. The monoisotopic (exact) mass is 276 g/mol. The zero-order chi connectivity index (χ0) is 13.9. The first kappa shape index (κ1) is 12.5. The number of rotatable bonds is 4. The second kappa shape index (κ2) is 5.20. The van der Waals surface area contributed by atoms with Gasteiger partial charge in [0.15, 0.2) is 23.1 Å². The van der Waals surface area contributed by atoms with Crippen molar-refractivity contribution in [3.8, 4) is 11.5 Å². The number of fused-ring (bicyclic) bond motifs is 1. The Morgan fingerprint density at radius 1 is 1.30 bits per heavy atom. The molecule has 0 aliphatic carbocycles. The van der Waals surface area contributed by atoms with Gasteiger partial charge < -0.3 is 20.1 Å². The SMILES string of the molecule is CCNc1ncc(F)c(Nc2ccc3c(c2)OCO3)n1. The summed E-state index contributed by atoms with van der Waals surface area (Å²) < 4.78 is 24.2. The van der Waals surface area contributed by atoms with Crippen molar-refractivity contribution in [1.29, 1.82) is 0 Å². The maximum Gasteiger partial charge on any atom is 0.231 e. The van der Waals surface area contributed by atoms with E-state index in [9.17, 15) is 4.39 Å². The fraction of sp³-hybridized carbons (Fsp3) is 0.231. The second-order valence-corrected chi connectivity index (χ2v) is 4.11. The molecule has 6 nitrogen and oxygen atoms in total. The molecule has 1 aromatic carbocycles. The van der Waals surface area contributed by atoms with Crippen molar-refractivity contribution in [3.05, 3.63) is 30.2 Å². The topological polar surface area (TPSA) is 68.3 Å². The number of hydrogen-bond donors (Lipinski definition) is 2. The minimum Gasteiger partial charge on any atom is -0.454 e. The average Bonchev–Trinajstić information content (AvgIpc) is 2.90. The fourth-order valence-electron chi connectivity index (χ4n) is 1.81. The van der Waals surface area contributed by atoms with Crippen molar-refractivity contribution in [2.24, 2.45) is 0 Å². The highest BCUT2D eigenvalue weighted by Gasteiger charge is 2.14. The van der Waals surface area contributed by atoms with E-state index >= 15 is 0 Å². The van der Waals surface area contributed by atoms with Crippen LogP contribution >= 0.6 is 0 Å². The molecule has 1 aliphatic heterocycles. The summed E-state index contributed by atoms with van der Waals surface area (Å²) in [6.45, 7) is 2.78. The highest BCUT2D eigenvalue weighted by molar-refractivity contribution is 5.62. The first-order chi connectivity index (χ1) is 9.76. The van der Waals surface area contributed by atoms with Crippen molar-refractivity contribution in [1.82, 2.24) is 9.97 Å². The molecule has 3 rings (SSSR count). The third-order valence-electron chi connectivity index (χ3n) is 2.71. The number of halogens is 1. The molecule has 0 bridgehead atoms. The molecule has 1 aromatic heterocycles. The van der Waals surface area contributed by atoms with Crippen LogP contribution in [-0.4, -0.2) is 23.3 Å². The van der Waals surface area contributed by atoms with Crippen molar-refractivity contribution in [3.63, 3.8) is 0 Å². The summed E-state index contributed by atoms with van der Waals surface area (Å²) in [4.78, 5) is 7.92. The molecule has 1 aliphatic rings. The molecule has 20 heavy (non-hydrogen) atoms. The third kappa shape index (κ3) is 2.42. The lowest BCUT2D eigenvalue weighted by Gasteiger charge is -2.09. The Bertz CT molecular complexity index is 636. The summed E-state index contributed by atoms with van der Waals surface area (Å²) in [5, 5.41) is 5.83. The lowest BCUT2D eigenvalue weighted by molar-refractivity contribution is 0.174. The fourth-order valence-corrected chi connectivity index (χ4v) is 1.81. The van der Waals surface area contributed by atoms with E-state index < -0.39 is 5.82 Å². The number of ether oxygens (including phenoxy) is 2. The average molecular weight is 276 g/mol. The Hall–Kier alpha value is -2.57. The van der Waals surface area contributed by atoms with Gasteiger partial charge in [-0.15, -0.1) is 0 Å². The molecule has 2 N–H and O–H groups in total. The molecule has 0 radical (unpaired) electrons. The summed E-state index contributed by atoms with van der Waals surface area (Å²) in [5.74, 6) is 1.25. The van der Waals surface area contributed by atoms with Crippen LogP contribution in [0.1, 0.15) is 6.92 Å². The van der Waals surface area contributed by atoms with Crippen LogP contribution < -0.4 is 20.1 Å². The highest BCUT2D eigenvalue weighted by Crippen LogP contribution is 2.35. The predicted molar refractivity (Wildman–Crippen MR) is 72.0 cm³/mol. The van der Waals surface area contributed by atoms with Crippen molar-refractivity contribution in [2.45, 2.75) is 6.92 Å². The van der Waals surface area contributed by atoms with Gasteiger partial charge in [-0.05, 0) is 19.1 Å². The van der Waals surface area contributed by atoms with E-state index in [0.717, 1.165) is 6.20 Å². The normalized spacial score (nSPS) is 12.3. The molecule has 7 heteroatoms. The van der Waals surface area contributed by atoms with Gasteiger partial charge in [-0.25, -0.2) is 9.37 Å². The van der Waals surface area contributed by atoms with Crippen molar-refractivity contribution < 1.29 is 13.9 Å². The molecule has 0 amide bonds. The van der Waals surface area contributed by atoms with Gasteiger partial charge in [0.05, 0.1) is 6.20 Å². The van der Waals surface area contributed by atoms with E-state index in [0.29, 0.717) is 29.7 Å². The lowest BCUT2D eigenvalue weighted by Crippen LogP contribution is -2.05. The Labute approximate surface area is 115 Å². The van der Waals surface area contributed by atoms with Crippen LogP contribution in [0.4, 0.5) is 21.8 Å². The number of nitrogens with one attached hydrogen (secondary N) is 2.